The molecule has 3 aliphatic rings. The Bertz CT molecular complexity index is 1540. The van der Waals surface area contributed by atoms with Crippen molar-refractivity contribution < 1.29 is 4.79 Å². The number of H-pyrrole nitrogens is 1. The fourth-order valence-electron chi connectivity index (χ4n) is 7.35. The van der Waals surface area contributed by atoms with Gasteiger partial charge in [0.2, 0.25) is 0 Å². The quantitative estimate of drug-likeness (QED) is 0.235. The number of piperidine rings is 1. The molecule has 2 aromatic carbocycles. The summed E-state index contributed by atoms with van der Waals surface area (Å²) in [6, 6.07) is 15.4. The minimum Gasteiger partial charge on any atom is -0.385 e. The fourth-order valence-corrected chi connectivity index (χ4v) is 7.35. The van der Waals surface area contributed by atoms with Crippen LogP contribution in [0.5, 0.6) is 0 Å². The van der Waals surface area contributed by atoms with E-state index in [9.17, 15) is 10.1 Å². The summed E-state index contributed by atoms with van der Waals surface area (Å²) in [4.78, 5) is 15.1. The van der Waals surface area contributed by atoms with Gasteiger partial charge in [0.1, 0.15) is 6.04 Å². The Morgan fingerprint density at radius 3 is 2.43 bits per heavy atom. The maximum atomic E-state index is 12.9. The maximum absolute atomic E-state index is 12.9. The monoisotopic (exact) mass is 591 g/mol. The van der Waals surface area contributed by atoms with Crippen LogP contribution in [0.3, 0.4) is 0 Å². The Kier molecular flexibility index (Phi) is 8.23. The third kappa shape index (κ3) is 5.26. The minimum atomic E-state index is -0.718. The molecule has 4 N–H and O–H groups in total. The average molecular weight is 592 g/mol. The molecule has 2 heterocycles. The summed E-state index contributed by atoms with van der Waals surface area (Å²) in [5, 5.41) is 35.5. The van der Waals surface area contributed by atoms with Gasteiger partial charge in [-0.3, -0.25) is 4.79 Å². The molecule has 10 nitrogen and oxygen atoms in total. The van der Waals surface area contributed by atoms with E-state index in [-0.39, 0.29) is 11.9 Å². The number of carbonyl (C=O) groups is 1. The minimum absolute atomic E-state index is 0.0791. The van der Waals surface area contributed by atoms with Crippen LogP contribution in [0.2, 0.25) is 0 Å². The van der Waals surface area contributed by atoms with Crippen LogP contribution in [0.15, 0.2) is 55.3 Å². The molecule has 4 atom stereocenters. The molecule has 44 heavy (non-hydrogen) atoms. The van der Waals surface area contributed by atoms with Crippen molar-refractivity contribution in [2.45, 2.75) is 63.5 Å². The normalized spacial score (nSPS) is 23.0. The summed E-state index contributed by atoms with van der Waals surface area (Å²) < 4.78 is 0. The highest BCUT2D eigenvalue weighted by Crippen LogP contribution is 2.49. The van der Waals surface area contributed by atoms with E-state index < -0.39 is 5.41 Å². The number of hydrogen-bond donors (Lipinski definition) is 4. The second-order valence-corrected chi connectivity index (χ2v) is 12.1. The number of aromatic amines is 1. The van der Waals surface area contributed by atoms with Gasteiger partial charge in [-0.1, -0.05) is 36.6 Å². The number of rotatable bonds is 12. The summed E-state index contributed by atoms with van der Waals surface area (Å²) in [6.45, 7) is 15.2. The highest BCUT2D eigenvalue weighted by atomic mass is 16.1. The molecule has 6 rings (SSSR count). The molecular formula is C34H41N9O. The first-order valence-corrected chi connectivity index (χ1v) is 15.7. The van der Waals surface area contributed by atoms with Crippen LogP contribution in [-0.2, 0) is 18.3 Å². The highest BCUT2D eigenvalue weighted by molar-refractivity contribution is 5.94. The summed E-state index contributed by atoms with van der Waals surface area (Å²) in [5.41, 5.74) is 7.32. The van der Waals surface area contributed by atoms with Crippen LogP contribution in [0.4, 0.5) is 0 Å². The number of nitriles is 1. The van der Waals surface area contributed by atoms with Crippen molar-refractivity contribution in [3.63, 3.8) is 0 Å². The van der Waals surface area contributed by atoms with Crippen LogP contribution in [0, 0.1) is 17.2 Å². The molecule has 2 aliphatic carbocycles. The van der Waals surface area contributed by atoms with Gasteiger partial charge < -0.3 is 20.9 Å². The van der Waals surface area contributed by atoms with Gasteiger partial charge in [-0.15, -0.1) is 10.2 Å². The molecule has 0 spiro atoms. The average Bonchev–Trinajstić information content (AvgIpc) is 3.42. The first-order valence-electron chi connectivity index (χ1n) is 15.7. The number of hydrogen-bond acceptors (Lipinski definition) is 8. The number of aryl methyl sites for hydroxylation is 2. The van der Waals surface area contributed by atoms with Crippen molar-refractivity contribution in [2.75, 3.05) is 26.2 Å². The van der Waals surface area contributed by atoms with E-state index in [1.54, 1.807) is 0 Å². The zero-order valence-electron chi connectivity index (χ0n) is 25.6. The van der Waals surface area contributed by atoms with E-state index in [0.717, 1.165) is 65.9 Å². The smallest absolute Gasteiger partial charge is 0.251 e. The van der Waals surface area contributed by atoms with E-state index in [0.29, 0.717) is 49.4 Å². The molecule has 1 amide bonds. The Morgan fingerprint density at radius 1 is 1.07 bits per heavy atom. The molecule has 228 valence electrons. The van der Waals surface area contributed by atoms with Gasteiger partial charge in [0, 0.05) is 42.6 Å². The van der Waals surface area contributed by atoms with Crippen molar-refractivity contribution in [3.05, 3.63) is 94.5 Å². The van der Waals surface area contributed by atoms with Crippen molar-refractivity contribution in [2.24, 2.45) is 5.92 Å². The highest BCUT2D eigenvalue weighted by Gasteiger charge is 2.52. The molecule has 3 aromatic rings. The predicted molar refractivity (Wildman–Crippen MR) is 169 cm³/mol. The van der Waals surface area contributed by atoms with Gasteiger partial charge in [-0.2, -0.15) is 10.5 Å². The second kappa shape index (κ2) is 12.2. The van der Waals surface area contributed by atoms with E-state index >= 15 is 0 Å². The molecular weight excluding hydrogens is 550 g/mol. The predicted octanol–water partition coefficient (Wildman–Crippen LogP) is 3.44. The number of fused-ring (bicyclic) bond motifs is 3. The summed E-state index contributed by atoms with van der Waals surface area (Å²) in [5.74, 6) is 1.15. The maximum Gasteiger partial charge on any atom is 0.251 e. The third-order valence-corrected chi connectivity index (χ3v) is 9.48. The number of benzene rings is 2. The number of amides is 1. The second-order valence-electron chi connectivity index (χ2n) is 12.1. The van der Waals surface area contributed by atoms with Crippen molar-refractivity contribution in [1.29, 1.82) is 5.26 Å². The lowest BCUT2D eigenvalue weighted by molar-refractivity contribution is 0.0955. The third-order valence-electron chi connectivity index (χ3n) is 9.48. The van der Waals surface area contributed by atoms with Gasteiger partial charge in [-0.25, -0.2) is 0 Å². The number of nitrogens with one attached hydrogen (secondary N) is 4. The summed E-state index contributed by atoms with van der Waals surface area (Å²) in [7, 11) is 0. The molecule has 0 bridgehead atoms. The van der Waals surface area contributed by atoms with Crippen LogP contribution >= 0.6 is 0 Å². The topological polar surface area (TPSA) is 135 Å². The lowest BCUT2D eigenvalue weighted by atomic mass is 9.69. The van der Waals surface area contributed by atoms with Crippen LogP contribution in [-0.4, -0.2) is 69.7 Å². The fraction of sp³-hybridized carbons (Fsp3) is 0.441. The Labute approximate surface area is 259 Å². The lowest BCUT2D eigenvalue weighted by Gasteiger charge is -2.34. The number of likely N-dealkylation sites (tertiary alicyclic amines) is 1. The summed E-state index contributed by atoms with van der Waals surface area (Å²) in [6.07, 6.45) is 4.32. The molecule has 10 heteroatoms. The van der Waals surface area contributed by atoms with Gasteiger partial charge >= 0.3 is 0 Å². The van der Waals surface area contributed by atoms with Crippen molar-refractivity contribution in [3.8, 4) is 6.07 Å². The van der Waals surface area contributed by atoms with E-state index in [1.165, 1.54) is 5.56 Å². The molecule has 1 saturated carbocycles. The number of tetrazole rings is 1. The molecule has 0 radical (unpaired) electrons. The van der Waals surface area contributed by atoms with Gasteiger partial charge in [-0.05, 0) is 104 Å². The van der Waals surface area contributed by atoms with E-state index in [2.05, 4.69) is 91.9 Å². The largest absolute Gasteiger partial charge is 0.385 e. The summed E-state index contributed by atoms with van der Waals surface area (Å²) >= 11 is 0. The molecule has 1 saturated heterocycles. The Hall–Kier alpha value is -4.49. The zero-order chi connectivity index (χ0) is 30.8. The van der Waals surface area contributed by atoms with Crippen molar-refractivity contribution >= 4 is 11.6 Å². The molecule has 2 unspecified atom stereocenters. The van der Waals surface area contributed by atoms with Crippen LogP contribution in [0.25, 0.3) is 5.70 Å². The van der Waals surface area contributed by atoms with Crippen LogP contribution < -0.4 is 16.0 Å². The number of carbonyl (C=O) groups excluding carboxylic acids is 1. The SMILES string of the molecule is C=C(NCC)c1ccc2c(c1)CCc1cc(C(=O)NCC)ccc1C2(CCNCC(=C)N1C(C#N)C[C@@H]2C[C@@H]21)c1nn[nH]n1. The zero-order valence-corrected chi connectivity index (χ0v) is 25.6. The Morgan fingerprint density at radius 2 is 1.77 bits per heavy atom. The van der Waals surface area contributed by atoms with Gasteiger partial charge in [0.15, 0.2) is 5.82 Å². The number of nitrogens with zero attached hydrogens (tertiary/aromatic N) is 5. The van der Waals surface area contributed by atoms with E-state index in [4.69, 9.17) is 0 Å². The first-order chi connectivity index (χ1) is 21.4. The lowest BCUT2D eigenvalue weighted by Crippen LogP contribution is -2.38. The molecule has 2 fully saturated rings. The van der Waals surface area contributed by atoms with Gasteiger partial charge in [0.25, 0.3) is 5.91 Å². The number of aromatic nitrogens is 4. The standard InChI is InChI=1S/C34H41N9O/c1-5-37-22(4)23-9-11-29-24(15-23)7-8-25-16-26(32(44)38-6-2)10-12-30(25)34(29,33-39-41-42-40-33)13-14-36-20-21(3)43-28(19-35)17-27-18-31(27)43/h9-12,15-16,27-28,31,36-37H,3-8,13-14,17-18,20H2,1-2H3,(H,38,44)(H,39,40,41,42)/t27-,28?,31+,34?/m1/s1. The molecule has 1 aliphatic heterocycles. The Balaban J connectivity index is 1.37. The first kappa shape index (κ1) is 29.6. The van der Waals surface area contributed by atoms with Crippen LogP contribution in [0.1, 0.15) is 77.1 Å². The van der Waals surface area contributed by atoms with Crippen molar-refractivity contribution in [1.82, 2.24) is 41.5 Å². The van der Waals surface area contributed by atoms with Gasteiger partial charge in [0.05, 0.1) is 11.5 Å². The molecule has 1 aromatic heterocycles. The van der Waals surface area contributed by atoms with E-state index in [1.807, 2.05) is 19.1 Å².